The Morgan fingerprint density at radius 2 is 2.00 bits per heavy atom. The molecule has 0 bridgehead atoms. The summed E-state index contributed by atoms with van der Waals surface area (Å²) >= 11 is 0. The number of hydrogen-bond acceptors (Lipinski definition) is 4. The van der Waals surface area contributed by atoms with Crippen molar-refractivity contribution in [2.24, 2.45) is 5.92 Å². The molecular weight excluding hydrogens is 288 g/mol. The van der Waals surface area contributed by atoms with E-state index in [4.69, 9.17) is 5.26 Å². The van der Waals surface area contributed by atoms with Crippen molar-refractivity contribution in [3.8, 4) is 6.07 Å². The van der Waals surface area contributed by atoms with E-state index in [9.17, 15) is 13.5 Å². The summed E-state index contributed by atoms with van der Waals surface area (Å²) < 4.78 is 27.3. The minimum absolute atomic E-state index is 0.220. The predicted molar refractivity (Wildman–Crippen MR) is 79.0 cm³/mol. The Bertz CT molecular complexity index is 641. The van der Waals surface area contributed by atoms with E-state index >= 15 is 0 Å². The number of hydrogen-bond donors (Lipinski definition) is 2. The molecule has 114 valence electrons. The van der Waals surface area contributed by atoms with Crippen molar-refractivity contribution < 1.29 is 13.5 Å². The summed E-state index contributed by atoms with van der Waals surface area (Å²) in [5, 5.41) is 18.3. The van der Waals surface area contributed by atoms with Crippen molar-refractivity contribution in [3.63, 3.8) is 0 Å². The fraction of sp³-hybridized carbons (Fsp3) is 0.533. The van der Waals surface area contributed by atoms with Crippen molar-refractivity contribution in [2.75, 3.05) is 6.54 Å². The number of aliphatic hydroxyl groups is 1. The summed E-state index contributed by atoms with van der Waals surface area (Å²) in [4.78, 5) is 0.220. The average Bonchev–Trinajstić information content (AvgIpc) is 2.46. The van der Waals surface area contributed by atoms with Gasteiger partial charge in [-0.05, 0) is 62.3 Å². The number of nitrogens with zero attached hydrogens (tertiary/aromatic N) is 1. The van der Waals surface area contributed by atoms with E-state index < -0.39 is 10.0 Å². The molecule has 0 unspecified atom stereocenters. The van der Waals surface area contributed by atoms with E-state index in [-0.39, 0.29) is 16.9 Å². The van der Waals surface area contributed by atoms with Gasteiger partial charge in [0.2, 0.25) is 10.0 Å². The quantitative estimate of drug-likeness (QED) is 0.885. The van der Waals surface area contributed by atoms with Gasteiger partial charge in [-0.1, -0.05) is 0 Å². The van der Waals surface area contributed by atoms with Gasteiger partial charge in [0.15, 0.2) is 0 Å². The standard InChI is InChI=1S/C15H20N2O3S/c1-11-8-13(9-16)4-7-15(11)21(19,20)17-10-12-2-5-14(18)6-3-12/h4,7-8,12,14,17-18H,2-3,5-6,10H2,1H3. The fourth-order valence-electron chi connectivity index (χ4n) is 2.67. The van der Waals surface area contributed by atoms with Crippen molar-refractivity contribution in [3.05, 3.63) is 29.3 Å². The van der Waals surface area contributed by atoms with Crippen molar-refractivity contribution in [1.29, 1.82) is 5.26 Å². The highest BCUT2D eigenvalue weighted by molar-refractivity contribution is 7.89. The molecule has 1 saturated carbocycles. The normalized spacial score (nSPS) is 22.7. The molecule has 6 heteroatoms. The highest BCUT2D eigenvalue weighted by atomic mass is 32.2. The maximum Gasteiger partial charge on any atom is 0.240 e. The largest absolute Gasteiger partial charge is 0.393 e. The first-order valence-electron chi connectivity index (χ1n) is 7.11. The fourth-order valence-corrected chi connectivity index (χ4v) is 4.02. The molecule has 0 spiro atoms. The van der Waals surface area contributed by atoms with E-state index in [1.165, 1.54) is 12.1 Å². The zero-order valence-electron chi connectivity index (χ0n) is 12.0. The predicted octanol–water partition coefficient (Wildman–Crippen LogP) is 1.70. The first kappa shape index (κ1) is 16.0. The lowest BCUT2D eigenvalue weighted by Gasteiger charge is -2.25. The van der Waals surface area contributed by atoms with Crippen LogP contribution in [0, 0.1) is 24.2 Å². The molecule has 0 atom stereocenters. The molecule has 21 heavy (non-hydrogen) atoms. The van der Waals surface area contributed by atoms with Gasteiger partial charge in [-0.25, -0.2) is 13.1 Å². The lowest BCUT2D eigenvalue weighted by atomic mass is 9.88. The maximum absolute atomic E-state index is 12.3. The summed E-state index contributed by atoms with van der Waals surface area (Å²) in [5.41, 5.74) is 1.02. The third-order valence-corrected chi connectivity index (χ3v) is 5.56. The molecule has 0 saturated heterocycles. The van der Waals surface area contributed by atoms with Crippen LogP contribution in [-0.2, 0) is 10.0 Å². The summed E-state index contributed by atoms with van der Waals surface area (Å²) in [6, 6.07) is 6.56. The average molecular weight is 308 g/mol. The minimum atomic E-state index is -3.55. The monoisotopic (exact) mass is 308 g/mol. The van der Waals surface area contributed by atoms with Gasteiger partial charge in [0.1, 0.15) is 0 Å². The van der Waals surface area contributed by atoms with Crippen LogP contribution < -0.4 is 4.72 Å². The Kier molecular flexibility index (Phi) is 4.99. The third-order valence-electron chi connectivity index (χ3n) is 3.97. The molecule has 0 amide bonds. The third kappa shape index (κ3) is 4.03. The molecule has 1 aromatic rings. The van der Waals surface area contributed by atoms with Gasteiger partial charge in [-0.15, -0.1) is 0 Å². The Labute approximate surface area is 125 Å². The minimum Gasteiger partial charge on any atom is -0.393 e. The molecule has 5 nitrogen and oxygen atoms in total. The summed E-state index contributed by atoms with van der Waals surface area (Å²) in [6.45, 7) is 2.08. The zero-order valence-corrected chi connectivity index (χ0v) is 12.9. The molecule has 2 N–H and O–H groups in total. The Morgan fingerprint density at radius 3 is 2.57 bits per heavy atom. The Balaban J connectivity index is 2.03. The molecule has 2 rings (SSSR count). The van der Waals surface area contributed by atoms with Gasteiger partial charge in [0, 0.05) is 6.54 Å². The second-order valence-corrected chi connectivity index (χ2v) is 7.35. The SMILES string of the molecule is Cc1cc(C#N)ccc1S(=O)(=O)NCC1CCC(O)CC1. The topological polar surface area (TPSA) is 90.2 Å². The van der Waals surface area contributed by atoms with Crippen LogP contribution in [0.2, 0.25) is 0 Å². The van der Waals surface area contributed by atoms with Crippen molar-refractivity contribution in [1.82, 2.24) is 4.72 Å². The Hall–Kier alpha value is -1.42. The highest BCUT2D eigenvalue weighted by Gasteiger charge is 2.22. The van der Waals surface area contributed by atoms with Crippen LogP contribution in [0.15, 0.2) is 23.1 Å². The van der Waals surface area contributed by atoms with Crippen LogP contribution in [0.5, 0.6) is 0 Å². The van der Waals surface area contributed by atoms with Gasteiger partial charge < -0.3 is 5.11 Å². The van der Waals surface area contributed by atoms with Gasteiger partial charge >= 0.3 is 0 Å². The lowest BCUT2D eigenvalue weighted by molar-refractivity contribution is 0.109. The second-order valence-electron chi connectivity index (χ2n) is 5.62. The van der Waals surface area contributed by atoms with Gasteiger partial charge in [0.25, 0.3) is 0 Å². The number of nitrogens with one attached hydrogen (secondary N) is 1. The summed E-state index contributed by atoms with van der Waals surface area (Å²) in [7, 11) is -3.55. The number of benzene rings is 1. The zero-order chi connectivity index (χ0) is 15.5. The summed E-state index contributed by atoms with van der Waals surface area (Å²) in [5.74, 6) is 0.280. The van der Waals surface area contributed by atoms with Gasteiger partial charge in [0.05, 0.1) is 22.6 Å². The molecule has 0 aliphatic heterocycles. The van der Waals surface area contributed by atoms with Crippen LogP contribution in [-0.4, -0.2) is 26.2 Å². The maximum atomic E-state index is 12.3. The molecular formula is C15H20N2O3S. The summed E-state index contributed by atoms with van der Waals surface area (Å²) in [6.07, 6.45) is 2.93. The number of rotatable bonds is 4. The van der Waals surface area contributed by atoms with Crippen LogP contribution in [0.4, 0.5) is 0 Å². The molecule has 0 aromatic heterocycles. The van der Waals surface area contributed by atoms with Gasteiger partial charge in [-0.3, -0.25) is 0 Å². The van der Waals surface area contributed by atoms with Crippen molar-refractivity contribution in [2.45, 2.75) is 43.6 Å². The number of sulfonamides is 1. The highest BCUT2D eigenvalue weighted by Crippen LogP contribution is 2.24. The first-order valence-corrected chi connectivity index (χ1v) is 8.59. The number of nitriles is 1. The van der Waals surface area contributed by atoms with Crippen molar-refractivity contribution >= 4 is 10.0 Å². The Morgan fingerprint density at radius 1 is 1.33 bits per heavy atom. The van der Waals surface area contributed by atoms with E-state index in [0.717, 1.165) is 25.7 Å². The van der Waals surface area contributed by atoms with E-state index in [1.54, 1.807) is 13.0 Å². The lowest BCUT2D eigenvalue weighted by Crippen LogP contribution is -2.32. The van der Waals surface area contributed by atoms with Gasteiger partial charge in [-0.2, -0.15) is 5.26 Å². The van der Waals surface area contributed by atoms with Crippen LogP contribution >= 0.6 is 0 Å². The molecule has 1 fully saturated rings. The number of aliphatic hydroxyl groups excluding tert-OH is 1. The molecule has 1 aliphatic rings. The van der Waals surface area contributed by atoms with Crippen LogP contribution in [0.25, 0.3) is 0 Å². The van der Waals surface area contributed by atoms with E-state index in [2.05, 4.69) is 4.72 Å². The first-order chi connectivity index (χ1) is 9.92. The molecule has 0 radical (unpaired) electrons. The number of aryl methyl sites for hydroxylation is 1. The molecule has 0 heterocycles. The molecule has 1 aliphatic carbocycles. The second kappa shape index (κ2) is 6.56. The van der Waals surface area contributed by atoms with Crippen LogP contribution in [0.1, 0.15) is 36.8 Å². The van der Waals surface area contributed by atoms with E-state index in [0.29, 0.717) is 17.7 Å². The van der Waals surface area contributed by atoms with E-state index in [1.807, 2.05) is 6.07 Å². The smallest absolute Gasteiger partial charge is 0.240 e. The molecule has 1 aromatic carbocycles. The van der Waals surface area contributed by atoms with Crippen LogP contribution in [0.3, 0.4) is 0 Å².